The largest absolute Gasteiger partial charge is 0.326 e. The smallest absolute Gasteiger partial charge is 0.279 e. The van der Waals surface area contributed by atoms with Crippen molar-refractivity contribution >= 4 is 21.6 Å². The van der Waals surface area contributed by atoms with E-state index in [2.05, 4.69) is 24.4 Å². The maximum absolute atomic E-state index is 13.0. The minimum atomic E-state index is -3.53. The van der Waals surface area contributed by atoms with E-state index in [1.807, 2.05) is 26.1 Å². The summed E-state index contributed by atoms with van der Waals surface area (Å²) in [7, 11) is -1.55. The van der Waals surface area contributed by atoms with Gasteiger partial charge >= 0.3 is 0 Å². The Balaban J connectivity index is 1.68. The van der Waals surface area contributed by atoms with Gasteiger partial charge in [-0.05, 0) is 49.9 Å². The minimum Gasteiger partial charge on any atom is -0.326 e. The van der Waals surface area contributed by atoms with E-state index in [1.54, 1.807) is 22.5 Å². The molecule has 30 heavy (non-hydrogen) atoms. The number of nitrogens with one attached hydrogen (secondary N) is 2. The monoisotopic (exact) mass is 430 g/mol. The second kappa shape index (κ2) is 9.73. The van der Waals surface area contributed by atoms with E-state index in [4.69, 9.17) is 0 Å². The summed E-state index contributed by atoms with van der Waals surface area (Å²) in [5.41, 5.74) is 3.83. The van der Waals surface area contributed by atoms with Crippen LogP contribution in [0.4, 0.5) is 5.69 Å². The molecule has 1 amide bonds. The van der Waals surface area contributed by atoms with E-state index < -0.39 is 10.0 Å². The van der Waals surface area contributed by atoms with Crippen LogP contribution in [0.2, 0.25) is 0 Å². The molecule has 1 fully saturated rings. The number of piperidine rings is 1. The molecule has 0 spiro atoms. The average Bonchev–Trinajstić information content (AvgIpc) is 2.72. The summed E-state index contributed by atoms with van der Waals surface area (Å²) in [6.07, 6.45) is 2.86. The Morgan fingerprint density at radius 1 is 1.03 bits per heavy atom. The van der Waals surface area contributed by atoms with Crippen molar-refractivity contribution in [3.63, 3.8) is 0 Å². The zero-order valence-corrected chi connectivity index (χ0v) is 18.9. The number of benzene rings is 2. The number of likely N-dealkylation sites (N-methyl/N-ethyl adjacent to an activating group) is 1. The predicted molar refractivity (Wildman–Crippen MR) is 119 cm³/mol. The average molecular weight is 431 g/mol. The number of hydrogen-bond acceptors (Lipinski definition) is 3. The zero-order chi connectivity index (χ0) is 21.7. The molecule has 1 heterocycles. The van der Waals surface area contributed by atoms with Crippen LogP contribution in [0.5, 0.6) is 0 Å². The molecule has 0 saturated carbocycles. The number of rotatable bonds is 7. The number of carbonyl (C=O) groups excluding carboxylic acids is 1. The maximum Gasteiger partial charge on any atom is 0.279 e. The van der Waals surface area contributed by atoms with E-state index in [1.165, 1.54) is 11.1 Å². The molecule has 0 bridgehead atoms. The molecule has 3 rings (SSSR count). The summed E-state index contributed by atoms with van der Waals surface area (Å²) in [5.74, 6) is -0.128. The number of amides is 1. The van der Waals surface area contributed by atoms with Crippen LogP contribution in [0.1, 0.15) is 36.0 Å². The molecule has 1 saturated heterocycles. The van der Waals surface area contributed by atoms with E-state index in [0.29, 0.717) is 25.3 Å². The van der Waals surface area contributed by atoms with Gasteiger partial charge in [0.2, 0.25) is 10.0 Å². The molecule has 2 N–H and O–H groups in total. The van der Waals surface area contributed by atoms with E-state index >= 15 is 0 Å². The molecule has 1 unspecified atom stereocenters. The van der Waals surface area contributed by atoms with Crippen LogP contribution in [0, 0.1) is 13.8 Å². The number of carbonyl (C=O) groups is 1. The first kappa shape index (κ1) is 22.5. The molecular formula is C23H32N3O3S+. The van der Waals surface area contributed by atoms with Crippen LogP contribution in [-0.4, -0.2) is 45.3 Å². The first-order valence-electron chi connectivity index (χ1n) is 10.5. The van der Waals surface area contributed by atoms with E-state index in [0.717, 1.165) is 36.3 Å². The highest BCUT2D eigenvalue weighted by Gasteiger charge is 2.26. The lowest BCUT2D eigenvalue weighted by Crippen LogP contribution is -3.08. The Kier molecular flexibility index (Phi) is 7.28. The van der Waals surface area contributed by atoms with Crippen molar-refractivity contribution in [3.05, 3.63) is 59.2 Å². The van der Waals surface area contributed by atoms with Crippen LogP contribution in [0.25, 0.3) is 0 Å². The Hall–Kier alpha value is -2.22. The first-order chi connectivity index (χ1) is 14.3. The molecule has 2 aromatic carbocycles. The van der Waals surface area contributed by atoms with Gasteiger partial charge in [0.05, 0.1) is 11.9 Å². The van der Waals surface area contributed by atoms with Crippen molar-refractivity contribution in [2.24, 2.45) is 0 Å². The summed E-state index contributed by atoms with van der Waals surface area (Å²) in [5, 5.41) is 2.91. The quantitative estimate of drug-likeness (QED) is 0.707. The van der Waals surface area contributed by atoms with Crippen molar-refractivity contribution in [1.29, 1.82) is 0 Å². The van der Waals surface area contributed by atoms with Crippen LogP contribution >= 0.6 is 0 Å². The Bertz CT molecular complexity index is 999. The summed E-state index contributed by atoms with van der Waals surface area (Å²) in [6, 6.07) is 13.1. The van der Waals surface area contributed by atoms with Gasteiger partial charge in [0.1, 0.15) is 6.54 Å². The summed E-state index contributed by atoms with van der Waals surface area (Å²) < 4.78 is 27.5. The van der Waals surface area contributed by atoms with Gasteiger partial charge in [0.25, 0.3) is 5.91 Å². The Morgan fingerprint density at radius 2 is 1.73 bits per heavy atom. The van der Waals surface area contributed by atoms with Crippen LogP contribution in [0.15, 0.2) is 47.4 Å². The van der Waals surface area contributed by atoms with Crippen molar-refractivity contribution < 1.29 is 18.1 Å². The van der Waals surface area contributed by atoms with Gasteiger partial charge in [-0.1, -0.05) is 36.8 Å². The van der Waals surface area contributed by atoms with Gasteiger partial charge in [-0.2, -0.15) is 4.31 Å². The number of hydrogen-bond donors (Lipinski definition) is 2. The number of aryl methyl sites for hydroxylation is 2. The standard InChI is InChI=1S/C23H31N3O3S/c1-18-9-5-6-10-20(18)16-25(3)17-23(27)24-22-15-21(12-11-19(22)2)30(28,29)26-13-7-4-8-14-26/h5-6,9-12,15H,4,7-8,13-14,16-17H2,1-3H3,(H,24,27)/p+1. The summed E-state index contributed by atoms with van der Waals surface area (Å²) in [4.78, 5) is 13.9. The molecule has 0 radical (unpaired) electrons. The van der Waals surface area contributed by atoms with Crippen LogP contribution in [-0.2, 0) is 21.4 Å². The highest BCUT2D eigenvalue weighted by Crippen LogP contribution is 2.25. The van der Waals surface area contributed by atoms with Gasteiger partial charge in [-0.15, -0.1) is 0 Å². The first-order valence-corrected chi connectivity index (χ1v) is 12.0. The van der Waals surface area contributed by atoms with Gasteiger partial charge in [0.15, 0.2) is 6.54 Å². The summed E-state index contributed by atoms with van der Waals surface area (Å²) in [6.45, 7) is 6.12. The molecule has 0 aromatic heterocycles. The lowest BCUT2D eigenvalue weighted by Gasteiger charge is -2.26. The molecule has 6 nitrogen and oxygen atoms in total. The number of anilines is 1. The molecular weight excluding hydrogens is 398 g/mol. The predicted octanol–water partition coefficient (Wildman–Crippen LogP) is 2.13. The van der Waals surface area contributed by atoms with Crippen molar-refractivity contribution in [2.45, 2.75) is 44.6 Å². The topological polar surface area (TPSA) is 70.9 Å². The van der Waals surface area contributed by atoms with Gasteiger partial charge in [-0.25, -0.2) is 8.42 Å². The lowest BCUT2D eigenvalue weighted by atomic mass is 10.1. The molecule has 7 heteroatoms. The van der Waals surface area contributed by atoms with Gasteiger partial charge in [0, 0.05) is 24.3 Å². The van der Waals surface area contributed by atoms with Crippen LogP contribution in [0.3, 0.4) is 0 Å². The SMILES string of the molecule is Cc1ccccc1C[NH+](C)CC(=O)Nc1cc(S(=O)(=O)N2CCCCC2)ccc1C. The van der Waals surface area contributed by atoms with Crippen molar-refractivity contribution in [2.75, 3.05) is 32.0 Å². The van der Waals surface area contributed by atoms with Crippen molar-refractivity contribution in [1.82, 2.24) is 4.31 Å². The minimum absolute atomic E-state index is 0.128. The number of quaternary nitrogens is 1. The second-order valence-electron chi connectivity index (χ2n) is 8.23. The summed E-state index contributed by atoms with van der Waals surface area (Å²) >= 11 is 0. The second-order valence-corrected chi connectivity index (χ2v) is 10.2. The third-order valence-corrected chi connectivity index (χ3v) is 7.55. The number of sulfonamides is 1. The Morgan fingerprint density at radius 3 is 2.43 bits per heavy atom. The molecule has 0 aliphatic carbocycles. The molecule has 1 atom stereocenters. The molecule has 2 aromatic rings. The molecule has 1 aliphatic heterocycles. The van der Waals surface area contributed by atoms with E-state index in [9.17, 15) is 13.2 Å². The van der Waals surface area contributed by atoms with Gasteiger partial charge < -0.3 is 10.2 Å². The molecule has 162 valence electrons. The maximum atomic E-state index is 13.0. The van der Waals surface area contributed by atoms with Gasteiger partial charge in [-0.3, -0.25) is 4.79 Å². The third kappa shape index (κ3) is 5.47. The number of nitrogens with zero attached hydrogens (tertiary/aromatic N) is 1. The lowest BCUT2D eigenvalue weighted by molar-refractivity contribution is -0.885. The fourth-order valence-corrected chi connectivity index (χ4v) is 5.36. The van der Waals surface area contributed by atoms with E-state index in [-0.39, 0.29) is 10.8 Å². The van der Waals surface area contributed by atoms with Crippen molar-refractivity contribution in [3.8, 4) is 0 Å². The normalized spacial score (nSPS) is 16.2. The highest BCUT2D eigenvalue weighted by molar-refractivity contribution is 7.89. The Labute approximate surface area is 179 Å². The molecule has 1 aliphatic rings. The third-order valence-electron chi connectivity index (χ3n) is 5.65. The highest BCUT2D eigenvalue weighted by atomic mass is 32.2. The zero-order valence-electron chi connectivity index (χ0n) is 18.1. The fraction of sp³-hybridized carbons (Fsp3) is 0.435. The fourth-order valence-electron chi connectivity index (χ4n) is 3.82. The van der Waals surface area contributed by atoms with Crippen LogP contribution < -0.4 is 10.2 Å².